The quantitative estimate of drug-likeness (QED) is 0.748. The highest BCUT2D eigenvalue weighted by Gasteiger charge is 2.13. The molecule has 3 nitrogen and oxygen atoms in total. The van der Waals surface area contributed by atoms with E-state index in [1.807, 2.05) is 38.2 Å². The van der Waals surface area contributed by atoms with E-state index in [1.165, 1.54) is 5.56 Å². The standard InChI is InChI=1S/C16H19Cl2N3/c1-4-5-14-19-15(18)11(2)16(20-14)21(3)10-12-6-8-13(17)9-7-12/h6-9H,4-5,10H2,1-3H3. The predicted octanol–water partition coefficient (Wildman–Crippen LogP) is 4.68. The summed E-state index contributed by atoms with van der Waals surface area (Å²) in [6, 6.07) is 7.83. The average Bonchev–Trinajstić information content (AvgIpc) is 2.45. The molecule has 0 saturated carbocycles. The zero-order valence-corrected chi connectivity index (χ0v) is 14.0. The minimum atomic E-state index is 0.534. The van der Waals surface area contributed by atoms with Crippen molar-refractivity contribution < 1.29 is 0 Å². The van der Waals surface area contributed by atoms with E-state index in [1.54, 1.807) is 0 Å². The van der Waals surface area contributed by atoms with Crippen LogP contribution in [0.4, 0.5) is 5.82 Å². The molecule has 112 valence electrons. The molecule has 5 heteroatoms. The Labute approximate surface area is 135 Å². The van der Waals surface area contributed by atoms with E-state index >= 15 is 0 Å². The number of rotatable bonds is 5. The summed E-state index contributed by atoms with van der Waals surface area (Å²) in [6.45, 7) is 4.80. The van der Waals surface area contributed by atoms with Crippen LogP contribution < -0.4 is 4.90 Å². The fourth-order valence-corrected chi connectivity index (χ4v) is 2.47. The maximum absolute atomic E-state index is 6.23. The van der Waals surface area contributed by atoms with Gasteiger partial charge in [-0.2, -0.15) is 0 Å². The largest absolute Gasteiger partial charge is 0.355 e. The molecule has 21 heavy (non-hydrogen) atoms. The Bertz CT molecular complexity index is 612. The van der Waals surface area contributed by atoms with Gasteiger partial charge in [0.2, 0.25) is 0 Å². The molecule has 0 bridgehead atoms. The number of hydrogen-bond acceptors (Lipinski definition) is 3. The normalized spacial score (nSPS) is 10.7. The molecule has 1 heterocycles. The summed E-state index contributed by atoms with van der Waals surface area (Å²) in [5.41, 5.74) is 2.08. The first-order chi connectivity index (χ1) is 10.0. The molecule has 0 spiro atoms. The Morgan fingerprint density at radius 2 is 1.76 bits per heavy atom. The first-order valence-corrected chi connectivity index (χ1v) is 7.75. The number of anilines is 1. The van der Waals surface area contributed by atoms with Gasteiger partial charge in [0.25, 0.3) is 0 Å². The molecule has 0 aliphatic rings. The fraction of sp³-hybridized carbons (Fsp3) is 0.375. The lowest BCUT2D eigenvalue weighted by Gasteiger charge is -2.21. The van der Waals surface area contributed by atoms with Gasteiger partial charge in [0.05, 0.1) is 0 Å². The summed E-state index contributed by atoms with van der Waals surface area (Å²) < 4.78 is 0. The maximum atomic E-state index is 6.23. The molecule has 0 N–H and O–H groups in total. The molecule has 2 aromatic rings. The van der Waals surface area contributed by atoms with Crippen molar-refractivity contribution >= 4 is 29.0 Å². The highest BCUT2D eigenvalue weighted by molar-refractivity contribution is 6.30. The third-order valence-electron chi connectivity index (χ3n) is 3.28. The Balaban J connectivity index is 2.25. The second kappa shape index (κ2) is 7.10. The summed E-state index contributed by atoms with van der Waals surface area (Å²) in [5.74, 6) is 1.68. The van der Waals surface area contributed by atoms with Crippen LogP contribution in [0.5, 0.6) is 0 Å². The second-order valence-electron chi connectivity index (χ2n) is 5.11. The lowest BCUT2D eigenvalue weighted by atomic mass is 10.2. The van der Waals surface area contributed by atoms with Gasteiger partial charge in [-0.05, 0) is 31.0 Å². The highest BCUT2D eigenvalue weighted by Crippen LogP contribution is 2.24. The van der Waals surface area contributed by atoms with Crippen LogP contribution in [-0.2, 0) is 13.0 Å². The van der Waals surface area contributed by atoms with Crippen LogP contribution in [0.1, 0.15) is 30.3 Å². The van der Waals surface area contributed by atoms with Gasteiger partial charge in [-0.25, -0.2) is 9.97 Å². The first-order valence-electron chi connectivity index (χ1n) is 7.00. The van der Waals surface area contributed by atoms with Crippen LogP contribution in [-0.4, -0.2) is 17.0 Å². The van der Waals surface area contributed by atoms with Crippen molar-refractivity contribution in [2.24, 2.45) is 0 Å². The van der Waals surface area contributed by atoms with Crippen LogP contribution in [0.2, 0.25) is 10.2 Å². The molecule has 0 unspecified atom stereocenters. The van der Waals surface area contributed by atoms with Crippen LogP contribution >= 0.6 is 23.2 Å². The molecule has 0 saturated heterocycles. The third kappa shape index (κ3) is 4.08. The minimum Gasteiger partial charge on any atom is -0.355 e. The number of aryl methyl sites for hydroxylation is 1. The summed E-state index contributed by atoms with van der Waals surface area (Å²) in [5, 5.41) is 1.28. The van der Waals surface area contributed by atoms with Gasteiger partial charge < -0.3 is 4.90 Å². The van der Waals surface area contributed by atoms with Gasteiger partial charge >= 0.3 is 0 Å². The molecule has 0 fully saturated rings. The lowest BCUT2D eigenvalue weighted by molar-refractivity contribution is 0.806. The number of halogens is 2. The van der Waals surface area contributed by atoms with E-state index in [0.29, 0.717) is 5.15 Å². The van der Waals surface area contributed by atoms with Crippen molar-refractivity contribution in [1.82, 2.24) is 9.97 Å². The van der Waals surface area contributed by atoms with Crippen LogP contribution in [0.25, 0.3) is 0 Å². The highest BCUT2D eigenvalue weighted by atomic mass is 35.5. The smallest absolute Gasteiger partial charge is 0.137 e. The van der Waals surface area contributed by atoms with Crippen molar-refractivity contribution in [2.75, 3.05) is 11.9 Å². The molecule has 0 radical (unpaired) electrons. The molecule has 1 aromatic carbocycles. The first kappa shape index (κ1) is 16.1. The Morgan fingerprint density at radius 1 is 1.10 bits per heavy atom. The van der Waals surface area contributed by atoms with Gasteiger partial charge in [-0.3, -0.25) is 0 Å². The number of benzene rings is 1. The minimum absolute atomic E-state index is 0.534. The van der Waals surface area contributed by atoms with Crippen LogP contribution in [0, 0.1) is 6.92 Å². The molecular formula is C16H19Cl2N3. The van der Waals surface area contributed by atoms with Crippen LogP contribution in [0.3, 0.4) is 0 Å². The number of nitrogens with zero attached hydrogens (tertiary/aromatic N) is 3. The van der Waals surface area contributed by atoms with Gasteiger partial charge in [0.15, 0.2) is 0 Å². The molecule has 0 aliphatic heterocycles. The van der Waals surface area contributed by atoms with Crippen molar-refractivity contribution in [3.05, 3.63) is 51.4 Å². The molecule has 0 amide bonds. The summed E-state index contributed by atoms with van der Waals surface area (Å²) in [4.78, 5) is 11.1. The summed E-state index contributed by atoms with van der Waals surface area (Å²) in [6.07, 6.45) is 1.83. The lowest BCUT2D eigenvalue weighted by Crippen LogP contribution is -2.20. The van der Waals surface area contributed by atoms with E-state index < -0.39 is 0 Å². The molecule has 0 aliphatic carbocycles. The van der Waals surface area contributed by atoms with Crippen molar-refractivity contribution in [2.45, 2.75) is 33.2 Å². The molecule has 0 atom stereocenters. The van der Waals surface area contributed by atoms with Gasteiger partial charge in [-0.15, -0.1) is 0 Å². The van der Waals surface area contributed by atoms with Crippen LogP contribution in [0.15, 0.2) is 24.3 Å². The van der Waals surface area contributed by atoms with E-state index in [2.05, 4.69) is 21.8 Å². The number of aromatic nitrogens is 2. The van der Waals surface area contributed by atoms with Crippen molar-refractivity contribution in [3.63, 3.8) is 0 Å². The zero-order valence-electron chi connectivity index (χ0n) is 12.5. The average molecular weight is 324 g/mol. The van der Waals surface area contributed by atoms with Gasteiger partial charge in [-0.1, -0.05) is 42.3 Å². The van der Waals surface area contributed by atoms with Gasteiger partial charge in [0, 0.05) is 30.6 Å². The monoisotopic (exact) mass is 323 g/mol. The SMILES string of the molecule is CCCc1nc(Cl)c(C)c(N(C)Cc2ccc(Cl)cc2)n1. The fourth-order valence-electron chi connectivity index (χ4n) is 2.17. The topological polar surface area (TPSA) is 29.0 Å². The maximum Gasteiger partial charge on any atom is 0.137 e. The second-order valence-corrected chi connectivity index (χ2v) is 5.91. The van der Waals surface area contributed by atoms with E-state index in [9.17, 15) is 0 Å². The molecule has 2 rings (SSSR count). The molecule has 1 aromatic heterocycles. The Kier molecular flexibility index (Phi) is 5.43. The third-order valence-corrected chi connectivity index (χ3v) is 3.90. The van der Waals surface area contributed by atoms with E-state index in [4.69, 9.17) is 23.2 Å². The van der Waals surface area contributed by atoms with Crippen molar-refractivity contribution in [1.29, 1.82) is 0 Å². The zero-order chi connectivity index (χ0) is 15.4. The summed E-state index contributed by atoms with van der Waals surface area (Å²) >= 11 is 12.1. The number of hydrogen-bond donors (Lipinski definition) is 0. The van der Waals surface area contributed by atoms with Gasteiger partial charge in [0.1, 0.15) is 16.8 Å². The Morgan fingerprint density at radius 3 is 2.38 bits per heavy atom. The van der Waals surface area contributed by atoms with E-state index in [0.717, 1.165) is 41.6 Å². The predicted molar refractivity (Wildman–Crippen MR) is 89.3 cm³/mol. The van der Waals surface area contributed by atoms with E-state index in [-0.39, 0.29) is 0 Å². The summed E-state index contributed by atoms with van der Waals surface area (Å²) in [7, 11) is 2.01. The molecular weight excluding hydrogens is 305 g/mol. The Hall–Kier alpha value is -1.32. The van der Waals surface area contributed by atoms with Crippen molar-refractivity contribution in [3.8, 4) is 0 Å².